The van der Waals surface area contributed by atoms with Gasteiger partial charge in [-0.05, 0) is 72.1 Å². The van der Waals surface area contributed by atoms with Crippen molar-refractivity contribution in [2.24, 2.45) is 0 Å². The number of carbonyl (C=O) groups excluding carboxylic acids is 3. The summed E-state index contributed by atoms with van der Waals surface area (Å²) in [6.07, 6.45) is 0.0185. The van der Waals surface area contributed by atoms with Gasteiger partial charge in [0.2, 0.25) is 11.9 Å². The van der Waals surface area contributed by atoms with Crippen molar-refractivity contribution in [2.45, 2.75) is 90.8 Å². The van der Waals surface area contributed by atoms with Crippen molar-refractivity contribution < 1.29 is 33.8 Å². The molecule has 9 nitrogen and oxygen atoms in total. The number of benzene rings is 3. The van der Waals surface area contributed by atoms with Gasteiger partial charge < -0.3 is 25.2 Å². The molecule has 2 unspecified atom stereocenters. The zero-order valence-electron chi connectivity index (χ0n) is 26.9. The fourth-order valence-electron chi connectivity index (χ4n) is 4.99. The molecule has 0 spiro atoms. The largest absolute Gasteiger partial charge is 0.480 e. The molecular weight excluding hydrogens is 572 g/mol. The number of hydrogen-bond donors (Lipinski definition) is 3. The molecule has 2 amide bonds. The Morgan fingerprint density at radius 2 is 1.64 bits per heavy atom. The zero-order chi connectivity index (χ0) is 33.1. The van der Waals surface area contributed by atoms with Crippen molar-refractivity contribution in [3.8, 4) is 11.5 Å². The molecule has 0 fully saturated rings. The second kappa shape index (κ2) is 13.1. The van der Waals surface area contributed by atoms with Crippen LogP contribution in [0, 0.1) is 0 Å². The number of aromatic carboxylic acids is 1. The van der Waals surface area contributed by atoms with E-state index in [2.05, 4.69) is 64.3 Å². The molecule has 2 atom stereocenters. The molecule has 0 bridgehead atoms. The van der Waals surface area contributed by atoms with Crippen LogP contribution in [-0.2, 0) is 20.4 Å². The lowest BCUT2D eigenvalue weighted by Gasteiger charge is -2.31. The zero-order valence-corrected chi connectivity index (χ0v) is 26.9. The second-order valence-corrected chi connectivity index (χ2v) is 12.6. The molecule has 238 valence electrons. The first-order valence-electron chi connectivity index (χ1n) is 15.3. The minimum Gasteiger partial charge on any atom is -0.480 e. The molecule has 9 heteroatoms. The van der Waals surface area contributed by atoms with Crippen LogP contribution in [0.25, 0.3) is 0 Å². The monoisotopic (exact) mass is 614 g/mol. The van der Waals surface area contributed by atoms with Gasteiger partial charge in [0.25, 0.3) is 11.8 Å². The standard InChI is InChI=1S/C36H42N2O7/c1-8-27(44-28-17-15-23(35(4,5)9-2)20-25(28)36(6,7)10-3)32(40)37-24-13-11-12-21(18-24)30(39)31-33(41)38-26-19-22(34(42)43)14-16-29(26)45-31/h11-20,27,31H,8-10H2,1-7H3,(H,37,40)(H,38,41)(H,42,43). The van der Waals surface area contributed by atoms with Gasteiger partial charge in [0.15, 0.2) is 6.10 Å². The summed E-state index contributed by atoms with van der Waals surface area (Å²) in [5, 5.41) is 14.6. The van der Waals surface area contributed by atoms with E-state index >= 15 is 0 Å². The summed E-state index contributed by atoms with van der Waals surface area (Å²) in [7, 11) is 0. The third kappa shape index (κ3) is 7.19. The van der Waals surface area contributed by atoms with Gasteiger partial charge in [0.1, 0.15) is 11.5 Å². The fraction of sp³-hybridized carbons (Fsp3) is 0.389. The first-order valence-corrected chi connectivity index (χ1v) is 15.3. The van der Waals surface area contributed by atoms with Crippen LogP contribution in [0.4, 0.5) is 11.4 Å². The third-order valence-corrected chi connectivity index (χ3v) is 8.81. The number of ether oxygens (including phenoxy) is 2. The van der Waals surface area contributed by atoms with Crippen LogP contribution < -0.4 is 20.1 Å². The van der Waals surface area contributed by atoms with Crippen molar-refractivity contribution >= 4 is 34.9 Å². The molecule has 0 aromatic heterocycles. The third-order valence-electron chi connectivity index (χ3n) is 8.81. The lowest BCUT2D eigenvalue weighted by Crippen LogP contribution is -2.43. The highest BCUT2D eigenvalue weighted by molar-refractivity contribution is 6.18. The average Bonchev–Trinajstić information content (AvgIpc) is 3.02. The van der Waals surface area contributed by atoms with Crippen LogP contribution >= 0.6 is 0 Å². The molecule has 3 aromatic rings. The highest BCUT2D eigenvalue weighted by Gasteiger charge is 2.35. The van der Waals surface area contributed by atoms with E-state index in [0.29, 0.717) is 17.9 Å². The van der Waals surface area contributed by atoms with Crippen molar-refractivity contribution in [1.29, 1.82) is 0 Å². The maximum Gasteiger partial charge on any atom is 0.335 e. The number of ketones is 1. The quantitative estimate of drug-likeness (QED) is 0.146. The SMILES string of the molecule is CCC(Oc1ccc(C(C)(C)CC)cc1C(C)(C)CC)C(=O)Nc1cccc(C(=O)C2Oc3ccc(C(=O)O)cc3NC2=O)c1. The van der Waals surface area contributed by atoms with Gasteiger partial charge in [-0.3, -0.25) is 14.4 Å². The van der Waals surface area contributed by atoms with E-state index in [9.17, 15) is 24.3 Å². The Balaban J connectivity index is 1.52. The summed E-state index contributed by atoms with van der Waals surface area (Å²) < 4.78 is 12.0. The van der Waals surface area contributed by atoms with Crippen LogP contribution in [0.1, 0.15) is 99.6 Å². The topological polar surface area (TPSA) is 131 Å². The number of carboxylic acids is 1. The summed E-state index contributed by atoms with van der Waals surface area (Å²) >= 11 is 0. The van der Waals surface area contributed by atoms with E-state index in [1.807, 2.05) is 13.0 Å². The molecule has 0 saturated carbocycles. The van der Waals surface area contributed by atoms with Crippen molar-refractivity contribution in [2.75, 3.05) is 10.6 Å². The summed E-state index contributed by atoms with van der Waals surface area (Å²) in [6, 6.07) is 16.5. The maximum absolute atomic E-state index is 13.4. The molecule has 0 radical (unpaired) electrons. The van der Waals surface area contributed by atoms with Crippen LogP contribution in [0.3, 0.4) is 0 Å². The Kier molecular flexibility index (Phi) is 9.71. The molecule has 1 heterocycles. The Morgan fingerprint density at radius 3 is 2.29 bits per heavy atom. The highest BCUT2D eigenvalue weighted by Crippen LogP contribution is 2.39. The Morgan fingerprint density at radius 1 is 0.933 bits per heavy atom. The fourth-order valence-corrected chi connectivity index (χ4v) is 4.99. The maximum atomic E-state index is 13.4. The van der Waals surface area contributed by atoms with Crippen molar-refractivity contribution in [3.63, 3.8) is 0 Å². The van der Waals surface area contributed by atoms with Crippen molar-refractivity contribution in [1.82, 2.24) is 0 Å². The van der Waals surface area contributed by atoms with E-state index in [4.69, 9.17) is 9.47 Å². The molecule has 0 aliphatic carbocycles. The number of carboxylic acid groups (broad SMARTS) is 1. The van der Waals surface area contributed by atoms with Gasteiger partial charge in [0.05, 0.1) is 11.3 Å². The van der Waals surface area contributed by atoms with Gasteiger partial charge in [-0.2, -0.15) is 0 Å². The molecule has 1 aliphatic rings. The summed E-state index contributed by atoms with van der Waals surface area (Å²) in [5.74, 6) is -2.00. The van der Waals surface area contributed by atoms with E-state index in [1.165, 1.54) is 35.9 Å². The minimum absolute atomic E-state index is 0.00229. The molecule has 1 aliphatic heterocycles. The lowest BCUT2D eigenvalue weighted by atomic mass is 9.76. The van der Waals surface area contributed by atoms with E-state index in [-0.39, 0.29) is 39.3 Å². The molecule has 0 saturated heterocycles. The second-order valence-electron chi connectivity index (χ2n) is 12.6. The Hall–Kier alpha value is -4.66. The summed E-state index contributed by atoms with van der Waals surface area (Å²) in [4.78, 5) is 50.8. The first-order chi connectivity index (χ1) is 21.2. The number of Topliss-reactive ketones (excluding diaryl/α,β-unsaturated/α-hetero) is 1. The highest BCUT2D eigenvalue weighted by atomic mass is 16.5. The van der Waals surface area contributed by atoms with Crippen molar-refractivity contribution in [3.05, 3.63) is 82.9 Å². The lowest BCUT2D eigenvalue weighted by molar-refractivity contribution is -0.123. The molecule has 3 N–H and O–H groups in total. The van der Waals surface area contributed by atoms with E-state index < -0.39 is 29.9 Å². The molecular formula is C36H42N2O7. The van der Waals surface area contributed by atoms with Gasteiger partial charge in [-0.1, -0.05) is 72.7 Å². The Bertz CT molecular complexity index is 1630. The van der Waals surface area contributed by atoms with Gasteiger partial charge in [0, 0.05) is 16.8 Å². The number of hydrogen-bond acceptors (Lipinski definition) is 6. The molecule has 3 aromatic carbocycles. The van der Waals surface area contributed by atoms with Crippen LogP contribution in [0.2, 0.25) is 0 Å². The predicted octanol–water partition coefficient (Wildman–Crippen LogP) is 7.14. The summed E-state index contributed by atoms with van der Waals surface area (Å²) in [5.41, 5.74) is 2.76. The van der Waals surface area contributed by atoms with Crippen LogP contribution in [0.15, 0.2) is 60.7 Å². The van der Waals surface area contributed by atoms with E-state index in [0.717, 1.165) is 18.4 Å². The first kappa shape index (κ1) is 33.2. The number of nitrogens with one attached hydrogen (secondary N) is 2. The number of rotatable bonds is 12. The summed E-state index contributed by atoms with van der Waals surface area (Å²) in [6.45, 7) is 15.0. The smallest absolute Gasteiger partial charge is 0.335 e. The van der Waals surface area contributed by atoms with E-state index in [1.54, 1.807) is 12.1 Å². The predicted molar refractivity (Wildman–Crippen MR) is 174 cm³/mol. The molecule has 45 heavy (non-hydrogen) atoms. The van der Waals surface area contributed by atoms with Gasteiger partial charge >= 0.3 is 5.97 Å². The Labute approximate surface area is 264 Å². The number of amides is 2. The number of carbonyl (C=O) groups is 4. The number of anilines is 2. The number of fused-ring (bicyclic) bond motifs is 1. The van der Waals surface area contributed by atoms with Gasteiger partial charge in [-0.15, -0.1) is 0 Å². The van der Waals surface area contributed by atoms with Crippen LogP contribution in [0.5, 0.6) is 11.5 Å². The average molecular weight is 615 g/mol. The minimum atomic E-state index is -1.48. The molecule has 4 rings (SSSR count). The normalized spacial score (nSPS) is 15.3. The van der Waals surface area contributed by atoms with Gasteiger partial charge in [-0.25, -0.2) is 4.79 Å². The van der Waals surface area contributed by atoms with Crippen LogP contribution in [-0.4, -0.2) is 40.9 Å².